The number of hydrogen-bond donors (Lipinski definition) is 2. The first-order valence-corrected chi connectivity index (χ1v) is 11.4. The summed E-state index contributed by atoms with van der Waals surface area (Å²) < 4.78 is 0. The van der Waals surface area contributed by atoms with Crippen molar-refractivity contribution in [3.8, 4) is 0 Å². The fraction of sp³-hybridized carbons (Fsp3) is 0.542. The van der Waals surface area contributed by atoms with Crippen LogP contribution in [0, 0.1) is 0 Å². The van der Waals surface area contributed by atoms with Gasteiger partial charge in [-0.1, -0.05) is 30.3 Å². The van der Waals surface area contributed by atoms with Gasteiger partial charge in [-0.3, -0.25) is 9.69 Å². The molecule has 1 aromatic heterocycles. The van der Waals surface area contributed by atoms with Gasteiger partial charge in [-0.2, -0.15) is 0 Å². The van der Waals surface area contributed by atoms with Crippen LogP contribution in [-0.2, 0) is 24.3 Å². The molecule has 31 heavy (non-hydrogen) atoms. The minimum Gasteiger partial charge on any atom is -0.373 e. The summed E-state index contributed by atoms with van der Waals surface area (Å²) in [6, 6.07) is 10.6. The van der Waals surface area contributed by atoms with Crippen LogP contribution < -0.4 is 10.6 Å². The standard InChI is InChI=1S/C24H34N6O/c1-17(2)30(14-18-8-5-4-6-9-18)22(31)16-29-13-11-20-19(15-29)23(25-3)28-24(27-20)21-10-7-12-26-21/h4-6,8-9,17,21,26H,7,10-16H2,1-3H3,(H,25,27,28)/t21-/m1/s1. The number of carbonyl (C=O) groups is 1. The molecule has 1 amide bonds. The molecule has 1 atom stereocenters. The molecule has 7 heteroatoms. The first-order valence-electron chi connectivity index (χ1n) is 11.4. The second kappa shape index (κ2) is 9.75. The van der Waals surface area contributed by atoms with Crippen LogP contribution in [0.25, 0.3) is 0 Å². The van der Waals surface area contributed by atoms with E-state index in [1.54, 1.807) is 0 Å². The number of carbonyl (C=O) groups excluding carboxylic acids is 1. The molecule has 1 fully saturated rings. The molecule has 0 unspecified atom stereocenters. The van der Waals surface area contributed by atoms with Crippen LogP contribution in [0.3, 0.4) is 0 Å². The van der Waals surface area contributed by atoms with E-state index in [1.807, 2.05) is 30.1 Å². The van der Waals surface area contributed by atoms with E-state index in [0.717, 1.165) is 54.4 Å². The Kier molecular flexibility index (Phi) is 6.83. The Morgan fingerprint density at radius 2 is 2.10 bits per heavy atom. The number of amides is 1. The Bertz CT molecular complexity index is 877. The van der Waals surface area contributed by atoms with Crippen LogP contribution in [0.4, 0.5) is 5.82 Å². The zero-order valence-electron chi connectivity index (χ0n) is 18.9. The van der Waals surface area contributed by atoms with Gasteiger partial charge in [0.15, 0.2) is 0 Å². The number of hydrogen-bond acceptors (Lipinski definition) is 6. The summed E-state index contributed by atoms with van der Waals surface area (Å²) in [5.41, 5.74) is 3.41. The third-order valence-electron chi connectivity index (χ3n) is 6.26. The third-order valence-corrected chi connectivity index (χ3v) is 6.26. The molecule has 2 aromatic rings. The zero-order valence-corrected chi connectivity index (χ0v) is 18.9. The van der Waals surface area contributed by atoms with Crippen LogP contribution >= 0.6 is 0 Å². The molecule has 4 rings (SSSR count). The second-order valence-electron chi connectivity index (χ2n) is 8.82. The molecular weight excluding hydrogens is 388 g/mol. The minimum absolute atomic E-state index is 0.155. The van der Waals surface area contributed by atoms with Crippen LogP contribution in [-0.4, -0.2) is 58.4 Å². The maximum Gasteiger partial charge on any atom is 0.237 e. The molecular formula is C24H34N6O. The number of aromatic nitrogens is 2. The van der Waals surface area contributed by atoms with E-state index in [1.165, 1.54) is 6.42 Å². The molecule has 0 saturated carbocycles. The fourth-order valence-corrected chi connectivity index (χ4v) is 4.51. The van der Waals surface area contributed by atoms with Crippen molar-refractivity contribution in [1.82, 2.24) is 25.1 Å². The largest absolute Gasteiger partial charge is 0.373 e. The van der Waals surface area contributed by atoms with Crippen molar-refractivity contribution in [2.75, 3.05) is 32.0 Å². The zero-order chi connectivity index (χ0) is 21.8. The fourth-order valence-electron chi connectivity index (χ4n) is 4.51. The quantitative estimate of drug-likeness (QED) is 0.715. The van der Waals surface area contributed by atoms with Gasteiger partial charge in [-0.05, 0) is 38.8 Å². The van der Waals surface area contributed by atoms with Crippen molar-refractivity contribution < 1.29 is 4.79 Å². The highest BCUT2D eigenvalue weighted by atomic mass is 16.2. The van der Waals surface area contributed by atoms with Crippen LogP contribution in [0.5, 0.6) is 0 Å². The number of nitrogens with one attached hydrogen (secondary N) is 2. The van der Waals surface area contributed by atoms with Crippen molar-refractivity contribution >= 4 is 11.7 Å². The van der Waals surface area contributed by atoms with Gasteiger partial charge in [0, 0.05) is 44.7 Å². The SMILES string of the molecule is CNc1nc([C@H]2CCCN2)nc2c1CN(CC(=O)N(Cc1ccccc1)C(C)C)CC2. The number of fused-ring (bicyclic) bond motifs is 1. The Hall–Kier alpha value is -2.51. The average Bonchev–Trinajstić information content (AvgIpc) is 3.32. The Labute approximate surface area is 185 Å². The second-order valence-corrected chi connectivity index (χ2v) is 8.82. The smallest absolute Gasteiger partial charge is 0.237 e. The molecule has 3 heterocycles. The molecule has 1 saturated heterocycles. The minimum atomic E-state index is 0.155. The molecule has 2 aliphatic heterocycles. The van der Waals surface area contributed by atoms with Gasteiger partial charge >= 0.3 is 0 Å². The maximum absolute atomic E-state index is 13.2. The maximum atomic E-state index is 13.2. The molecule has 0 spiro atoms. The summed E-state index contributed by atoms with van der Waals surface area (Å²) in [4.78, 5) is 27.1. The monoisotopic (exact) mass is 422 g/mol. The molecule has 0 bridgehead atoms. The van der Waals surface area contributed by atoms with E-state index >= 15 is 0 Å². The van der Waals surface area contributed by atoms with Gasteiger partial charge in [0.2, 0.25) is 5.91 Å². The van der Waals surface area contributed by atoms with Gasteiger partial charge in [0.1, 0.15) is 11.6 Å². The van der Waals surface area contributed by atoms with Gasteiger partial charge < -0.3 is 15.5 Å². The first kappa shape index (κ1) is 21.7. The van der Waals surface area contributed by atoms with Crippen molar-refractivity contribution in [2.24, 2.45) is 0 Å². The van der Waals surface area contributed by atoms with Gasteiger partial charge in [-0.25, -0.2) is 9.97 Å². The third kappa shape index (κ3) is 5.05. The number of rotatable bonds is 7. The van der Waals surface area contributed by atoms with Gasteiger partial charge in [0.25, 0.3) is 0 Å². The first-order chi connectivity index (χ1) is 15.0. The summed E-state index contributed by atoms with van der Waals surface area (Å²) in [5, 5.41) is 6.76. The highest BCUT2D eigenvalue weighted by molar-refractivity contribution is 5.78. The lowest BCUT2D eigenvalue weighted by atomic mass is 10.0. The lowest BCUT2D eigenvalue weighted by Crippen LogP contribution is -2.45. The summed E-state index contributed by atoms with van der Waals surface area (Å²) in [6.45, 7) is 7.80. The molecule has 2 N–H and O–H groups in total. The molecule has 2 aliphatic rings. The molecule has 0 aliphatic carbocycles. The predicted octanol–water partition coefficient (Wildman–Crippen LogP) is 2.74. The molecule has 0 radical (unpaired) electrons. The van der Waals surface area contributed by atoms with Crippen LogP contribution in [0.1, 0.15) is 55.4 Å². The lowest BCUT2D eigenvalue weighted by molar-refractivity contribution is -0.135. The topological polar surface area (TPSA) is 73.4 Å². The molecule has 166 valence electrons. The van der Waals surface area contributed by atoms with E-state index in [4.69, 9.17) is 9.97 Å². The molecule has 1 aromatic carbocycles. The normalized spacial score (nSPS) is 18.8. The van der Waals surface area contributed by atoms with Crippen LogP contribution in [0.15, 0.2) is 30.3 Å². The predicted molar refractivity (Wildman–Crippen MR) is 123 cm³/mol. The van der Waals surface area contributed by atoms with Crippen molar-refractivity contribution in [3.05, 3.63) is 53.0 Å². The Morgan fingerprint density at radius 1 is 1.29 bits per heavy atom. The Morgan fingerprint density at radius 3 is 2.77 bits per heavy atom. The summed E-state index contributed by atoms with van der Waals surface area (Å²) in [5.74, 6) is 1.97. The van der Waals surface area contributed by atoms with Crippen molar-refractivity contribution in [1.29, 1.82) is 0 Å². The summed E-state index contributed by atoms with van der Waals surface area (Å²) >= 11 is 0. The number of anilines is 1. The highest BCUT2D eigenvalue weighted by Crippen LogP contribution is 2.28. The average molecular weight is 423 g/mol. The highest BCUT2D eigenvalue weighted by Gasteiger charge is 2.28. The van der Waals surface area contributed by atoms with E-state index in [-0.39, 0.29) is 18.0 Å². The van der Waals surface area contributed by atoms with Crippen molar-refractivity contribution in [2.45, 2.75) is 58.3 Å². The Balaban J connectivity index is 1.46. The van der Waals surface area contributed by atoms with Crippen LogP contribution in [0.2, 0.25) is 0 Å². The molecule has 7 nitrogen and oxygen atoms in total. The summed E-state index contributed by atoms with van der Waals surface area (Å²) in [6.07, 6.45) is 3.11. The number of nitrogens with zero attached hydrogens (tertiary/aromatic N) is 4. The van der Waals surface area contributed by atoms with E-state index < -0.39 is 0 Å². The van der Waals surface area contributed by atoms with Crippen molar-refractivity contribution in [3.63, 3.8) is 0 Å². The summed E-state index contributed by atoms with van der Waals surface area (Å²) in [7, 11) is 1.92. The van der Waals surface area contributed by atoms with Gasteiger partial charge in [0.05, 0.1) is 18.3 Å². The van der Waals surface area contributed by atoms with E-state index in [2.05, 4.69) is 41.5 Å². The van der Waals surface area contributed by atoms with E-state index in [0.29, 0.717) is 19.6 Å². The van der Waals surface area contributed by atoms with Gasteiger partial charge in [-0.15, -0.1) is 0 Å². The number of benzene rings is 1. The lowest BCUT2D eigenvalue weighted by Gasteiger charge is -2.33. The van der Waals surface area contributed by atoms with E-state index in [9.17, 15) is 4.79 Å².